The molecule has 0 aliphatic heterocycles. The number of aliphatic hydroxyl groups is 1. The van der Waals surface area contributed by atoms with E-state index in [0.717, 1.165) is 0 Å². The Hall–Kier alpha value is -1.14. The van der Waals surface area contributed by atoms with Crippen molar-refractivity contribution in [3.8, 4) is 0 Å². The predicted octanol–water partition coefficient (Wildman–Crippen LogP) is -0.809. The fraction of sp³-hybridized carbons (Fsp3) is 0.778. The average Bonchev–Trinajstić information content (AvgIpc) is 2.14. The number of carbonyl (C=O) groups is 2. The summed E-state index contributed by atoms with van der Waals surface area (Å²) in [4.78, 5) is 22.3. The van der Waals surface area contributed by atoms with Crippen LogP contribution in [0.25, 0.3) is 0 Å². The molecule has 0 saturated heterocycles. The van der Waals surface area contributed by atoms with Crippen molar-refractivity contribution in [3.63, 3.8) is 0 Å². The van der Waals surface area contributed by atoms with E-state index in [0.29, 0.717) is 13.1 Å². The summed E-state index contributed by atoms with van der Waals surface area (Å²) >= 11 is 0. The lowest BCUT2D eigenvalue weighted by atomic mass is 10.3. The monoisotopic (exact) mass is 217 g/mol. The van der Waals surface area contributed by atoms with Gasteiger partial charge in [-0.05, 0) is 20.8 Å². The van der Waals surface area contributed by atoms with Gasteiger partial charge in [0, 0.05) is 13.1 Å². The van der Waals surface area contributed by atoms with Crippen LogP contribution in [-0.2, 0) is 4.79 Å². The minimum atomic E-state index is -0.523. The number of urea groups is 1. The van der Waals surface area contributed by atoms with Gasteiger partial charge in [-0.2, -0.15) is 0 Å². The number of hydrogen-bond acceptors (Lipinski definition) is 4. The standard InChI is InChI=1S/C9H19N3O3/c1-4-10-9(15)12-8(14)7(3)11-5-6(2)13/h6-7,11,13H,4-5H2,1-3H3,(H2,10,12,14,15). The van der Waals surface area contributed by atoms with Crippen LogP contribution in [0.5, 0.6) is 0 Å². The van der Waals surface area contributed by atoms with Crippen LogP contribution in [0.2, 0.25) is 0 Å². The molecule has 0 aliphatic carbocycles. The van der Waals surface area contributed by atoms with Gasteiger partial charge in [0.15, 0.2) is 0 Å². The van der Waals surface area contributed by atoms with Crippen LogP contribution in [0.4, 0.5) is 4.79 Å². The SMILES string of the molecule is CCNC(=O)NC(=O)C(C)NCC(C)O. The molecule has 4 N–H and O–H groups in total. The molecule has 0 aromatic rings. The number of imide groups is 1. The first kappa shape index (κ1) is 13.9. The van der Waals surface area contributed by atoms with Crippen LogP contribution in [0, 0.1) is 0 Å². The summed E-state index contributed by atoms with van der Waals surface area (Å²) in [5.74, 6) is -0.415. The third kappa shape index (κ3) is 6.87. The van der Waals surface area contributed by atoms with Crippen LogP contribution in [-0.4, -0.2) is 42.3 Å². The number of aliphatic hydroxyl groups excluding tert-OH is 1. The number of hydrogen-bond donors (Lipinski definition) is 4. The Balaban J connectivity index is 3.83. The van der Waals surface area contributed by atoms with E-state index in [1.165, 1.54) is 0 Å². The smallest absolute Gasteiger partial charge is 0.321 e. The van der Waals surface area contributed by atoms with Crippen molar-refractivity contribution >= 4 is 11.9 Å². The Kier molecular flexibility index (Phi) is 6.64. The highest BCUT2D eigenvalue weighted by Crippen LogP contribution is 1.84. The molecule has 0 radical (unpaired) electrons. The molecule has 0 aromatic carbocycles. The summed E-state index contributed by atoms with van der Waals surface area (Å²) < 4.78 is 0. The number of amides is 3. The molecular weight excluding hydrogens is 198 g/mol. The van der Waals surface area contributed by atoms with Gasteiger partial charge in [-0.3, -0.25) is 10.1 Å². The summed E-state index contributed by atoms with van der Waals surface area (Å²) in [5.41, 5.74) is 0. The van der Waals surface area contributed by atoms with Gasteiger partial charge in [-0.1, -0.05) is 0 Å². The first-order valence-corrected chi connectivity index (χ1v) is 4.97. The molecule has 2 atom stereocenters. The minimum Gasteiger partial charge on any atom is -0.392 e. The van der Waals surface area contributed by atoms with Crippen molar-refractivity contribution in [1.29, 1.82) is 0 Å². The van der Waals surface area contributed by atoms with Crippen molar-refractivity contribution in [3.05, 3.63) is 0 Å². The van der Waals surface area contributed by atoms with Crippen LogP contribution in [0.1, 0.15) is 20.8 Å². The molecule has 3 amide bonds. The normalized spacial score (nSPS) is 14.1. The van der Waals surface area contributed by atoms with Gasteiger partial charge < -0.3 is 15.7 Å². The van der Waals surface area contributed by atoms with E-state index in [2.05, 4.69) is 16.0 Å². The highest BCUT2D eigenvalue weighted by atomic mass is 16.3. The number of carbonyl (C=O) groups excluding carboxylic acids is 2. The highest BCUT2D eigenvalue weighted by Gasteiger charge is 2.14. The lowest BCUT2D eigenvalue weighted by Gasteiger charge is -2.14. The molecule has 0 aliphatic rings. The molecule has 0 saturated carbocycles. The quantitative estimate of drug-likeness (QED) is 0.485. The zero-order valence-corrected chi connectivity index (χ0v) is 9.33. The molecule has 0 rings (SSSR count). The molecule has 0 aromatic heterocycles. The van der Waals surface area contributed by atoms with Gasteiger partial charge in [0.2, 0.25) is 5.91 Å². The lowest BCUT2D eigenvalue weighted by Crippen LogP contribution is -2.49. The third-order valence-electron chi connectivity index (χ3n) is 1.69. The molecule has 0 heterocycles. The summed E-state index contributed by atoms with van der Waals surface area (Å²) in [7, 11) is 0. The molecule has 2 unspecified atom stereocenters. The molecular formula is C9H19N3O3. The minimum absolute atomic E-state index is 0.310. The fourth-order valence-corrected chi connectivity index (χ4v) is 0.865. The Morgan fingerprint density at radius 2 is 1.93 bits per heavy atom. The van der Waals surface area contributed by atoms with Crippen molar-refractivity contribution in [2.24, 2.45) is 0 Å². The van der Waals surface area contributed by atoms with Gasteiger partial charge in [-0.25, -0.2) is 4.79 Å². The van der Waals surface area contributed by atoms with E-state index in [1.54, 1.807) is 20.8 Å². The van der Waals surface area contributed by atoms with E-state index >= 15 is 0 Å². The second-order valence-corrected chi connectivity index (χ2v) is 3.33. The third-order valence-corrected chi connectivity index (χ3v) is 1.69. The Morgan fingerprint density at radius 3 is 2.40 bits per heavy atom. The first-order valence-electron chi connectivity index (χ1n) is 4.97. The van der Waals surface area contributed by atoms with E-state index in [-0.39, 0.29) is 0 Å². The summed E-state index contributed by atoms with van der Waals surface area (Å²) in [6.45, 7) is 5.77. The zero-order chi connectivity index (χ0) is 11.8. The maximum absolute atomic E-state index is 11.3. The maximum atomic E-state index is 11.3. The van der Waals surface area contributed by atoms with Crippen LogP contribution >= 0.6 is 0 Å². The van der Waals surface area contributed by atoms with Crippen LogP contribution in [0.3, 0.4) is 0 Å². The fourth-order valence-electron chi connectivity index (χ4n) is 0.865. The van der Waals surface area contributed by atoms with Gasteiger partial charge in [-0.15, -0.1) is 0 Å². The zero-order valence-electron chi connectivity index (χ0n) is 9.33. The Labute approximate surface area is 89.4 Å². The first-order chi connectivity index (χ1) is 6.97. The molecule has 0 fully saturated rings. The summed E-state index contributed by atoms with van der Waals surface area (Å²) in [6, 6.07) is -1.02. The van der Waals surface area contributed by atoms with E-state index in [1.807, 2.05) is 0 Å². The highest BCUT2D eigenvalue weighted by molar-refractivity contribution is 5.96. The van der Waals surface area contributed by atoms with Crippen LogP contribution in [0.15, 0.2) is 0 Å². The summed E-state index contributed by atoms with van der Waals surface area (Å²) in [6.07, 6.45) is -0.523. The largest absolute Gasteiger partial charge is 0.392 e. The molecule has 6 heteroatoms. The summed E-state index contributed by atoms with van der Waals surface area (Å²) in [5, 5.41) is 16.4. The van der Waals surface area contributed by atoms with Crippen molar-refractivity contribution in [2.75, 3.05) is 13.1 Å². The van der Waals surface area contributed by atoms with E-state index < -0.39 is 24.1 Å². The molecule has 0 bridgehead atoms. The predicted molar refractivity (Wildman–Crippen MR) is 56.4 cm³/mol. The van der Waals surface area contributed by atoms with Gasteiger partial charge in [0.1, 0.15) is 0 Å². The maximum Gasteiger partial charge on any atom is 0.321 e. The topological polar surface area (TPSA) is 90.5 Å². The van der Waals surface area contributed by atoms with Gasteiger partial charge >= 0.3 is 6.03 Å². The van der Waals surface area contributed by atoms with Crippen molar-refractivity contribution in [2.45, 2.75) is 32.9 Å². The second kappa shape index (κ2) is 7.19. The van der Waals surface area contributed by atoms with Gasteiger partial charge in [0.25, 0.3) is 0 Å². The Morgan fingerprint density at radius 1 is 1.33 bits per heavy atom. The molecule has 15 heavy (non-hydrogen) atoms. The van der Waals surface area contributed by atoms with Crippen molar-refractivity contribution in [1.82, 2.24) is 16.0 Å². The number of nitrogens with one attached hydrogen (secondary N) is 3. The number of rotatable bonds is 5. The lowest BCUT2D eigenvalue weighted by molar-refractivity contribution is -0.121. The Bertz CT molecular complexity index is 219. The van der Waals surface area contributed by atoms with Crippen molar-refractivity contribution < 1.29 is 14.7 Å². The van der Waals surface area contributed by atoms with E-state index in [4.69, 9.17) is 5.11 Å². The molecule has 0 spiro atoms. The molecule has 6 nitrogen and oxygen atoms in total. The van der Waals surface area contributed by atoms with E-state index in [9.17, 15) is 9.59 Å². The van der Waals surface area contributed by atoms with Crippen LogP contribution < -0.4 is 16.0 Å². The second-order valence-electron chi connectivity index (χ2n) is 3.33. The molecule has 88 valence electrons. The average molecular weight is 217 g/mol. The van der Waals surface area contributed by atoms with Gasteiger partial charge in [0.05, 0.1) is 12.1 Å².